The first kappa shape index (κ1) is 11.0. The highest BCUT2D eigenvalue weighted by atomic mass is 15.3. The third-order valence-electron chi connectivity index (χ3n) is 3.42. The number of rotatable bonds is 1. The second-order valence-electron chi connectivity index (χ2n) is 4.77. The number of nitrogens with zero attached hydrogens (tertiary/aromatic N) is 5. The molecule has 6 heteroatoms. The van der Waals surface area contributed by atoms with Crippen molar-refractivity contribution in [3.8, 4) is 11.1 Å². The Kier molecular flexibility index (Phi) is 2.09. The smallest absolute Gasteiger partial charge is 0.157 e. The molecule has 0 radical (unpaired) electrons. The summed E-state index contributed by atoms with van der Waals surface area (Å²) < 4.78 is 3.76. The van der Waals surface area contributed by atoms with Gasteiger partial charge in [-0.1, -0.05) is 0 Å². The lowest BCUT2D eigenvalue weighted by Gasteiger charge is -2.06. The minimum atomic E-state index is 0.463. The highest BCUT2D eigenvalue weighted by molar-refractivity contribution is 5.93. The molecule has 98 valence electrons. The molecule has 4 aromatic rings. The van der Waals surface area contributed by atoms with Crippen molar-refractivity contribution in [2.45, 2.75) is 0 Å². The summed E-state index contributed by atoms with van der Waals surface area (Å²) in [5.74, 6) is 0.463. The molecule has 0 aliphatic heterocycles. The Morgan fingerprint density at radius 1 is 1.20 bits per heavy atom. The Morgan fingerprint density at radius 3 is 3.00 bits per heavy atom. The van der Waals surface area contributed by atoms with E-state index in [1.165, 1.54) is 0 Å². The fourth-order valence-corrected chi connectivity index (χ4v) is 2.50. The van der Waals surface area contributed by atoms with Gasteiger partial charge in [0.05, 0.1) is 5.52 Å². The van der Waals surface area contributed by atoms with Crippen molar-refractivity contribution in [2.24, 2.45) is 7.05 Å². The molecule has 0 spiro atoms. The van der Waals surface area contributed by atoms with Gasteiger partial charge in [-0.15, -0.1) is 5.10 Å². The van der Waals surface area contributed by atoms with E-state index in [0.717, 1.165) is 27.7 Å². The van der Waals surface area contributed by atoms with Crippen molar-refractivity contribution >= 4 is 22.4 Å². The topological polar surface area (TPSA) is 74.0 Å². The summed E-state index contributed by atoms with van der Waals surface area (Å²) >= 11 is 0. The number of aromatic nitrogens is 5. The number of nitrogens with two attached hydrogens (primary N) is 1. The first-order valence-corrected chi connectivity index (χ1v) is 6.23. The van der Waals surface area contributed by atoms with Crippen LogP contribution < -0.4 is 5.73 Å². The maximum Gasteiger partial charge on any atom is 0.157 e. The minimum absolute atomic E-state index is 0.463. The van der Waals surface area contributed by atoms with E-state index in [1.54, 1.807) is 10.6 Å². The van der Waals surface area contributed by atoms with Gasteiger partial charge in [-0.05, 0) is 6.07 Å². The number of fused-ring (bicyclic) bond motifs is 2. The standard InChI is InChI=1S/C14H12N6/c1-19-3-2-9-5-16-7-11(14(9)19)10-6-17-13-4-12(15)18-20(13)8-10/h2-8H,1H3,(H2,15,18). The van der Waals surface area contributed by atoms with E-state index in [4.69, 9.17) is 5.73 Å². The molecule has 0 aliphatic carbocycles. The molecular formula is C14H12N6. The maximum absolute atomic E-state index is 5.69. The minimum Gasteiger partial charge on any atom is -0.382 e. The first-order valence-electron chi connectivity index (χ1n) is 6.23. The van der Waals surface area contributed by atoms with Crippen molar-refractivity contribution in [1.82, 2.24) is 24.1 Å². The van der Waals surface area contributed by atoms with Crippen LogP contribution in [0.1, 0.15) is 0 Å². The van der Waals surface area contributed by atoms with E-state index in [2.05, 4.69) is 19.6 Å². The van der Waals surface area contributed by atoms with Crippen LogP contribution in [0, 0.1) is 0 Å². The monoisotopic (exact) mass is 264 g/mol. The van der Waals surface area contributed by atoms with Crippen molar-refractivity contribution < 1.29 is 0 Å². The number of anilines is 1. The summed E-state index contributed by atoms with van der Waals surface area (Å²) in [7, 11) is 2.02. The molecule has 0 unspecified atom stereocenters. The number of aryl methyl sites for hydroxylation is 1. The number of hydrogen-bond acceptors (Lipinski definition) is 4. The Bertz CT molecular complexity index is 933. The van der Waals surface area contributed by atoms with Gasteiger partial charge in [0, 0.05) is 60.6 Å². The second kappa shape index (κ2) is 3.80. The van der Waals surface area contributed by atoms with Crippen molar-refractivity contribution in [1.29, 1.82) is 0 Å². The third-order valence-corrected chi connectivity index (χ3v) is 3.42. The van der Waals surface area contributed by atoms with E-state index in [9.17, 15) is 0 Å². The molecule has 6 nitrogen and oxygen atoms in total. The van der Waals surface area contributed by atoms with Gasteiger partial charge in [-0.3, -0.25) is 4.98 Å². The second-order valence-corrected chi connectivity index (χ2v) is 4.77. The van der Waals surface area contributed by atoms with Crippen LogP contribution in [0.5, 0.6) is 0 Å². The van der Waals surface area contributed by atoms with Crippen LogP contribution in [-0.2, 0) is 7.05 Å². The average molecular weight is 264 g/mol. The zero-order valence-corrected chi connectivity index (χ0v) is 10.9. The van der Waals surface area contributed by atoms with Gasteiger partial charge in [-0.25, -0.2) is 9.50 Å². The zero-order chi connectivity index (χ0) is 13.7. The van der Waals surface area contributed by atoms with Crippen LogP contribution in [-0.4, -0.2) is 24.1 Å². The highest BCUT2D eigenvalue weighted by Gasteiger charge is 2.09. The van der Waals surface area contributed by atoms with Crippen molar-refractivity contribution in [2.75, 3.05) is 5.73 Å². The van der Waals surface area contributed by atoms with Crippen molar-refractivity contribution in [3.63, 3.8) is 0 Å². The summed E-state index contributed by atoms with van der Waals surface area (Å²) in [6.45, 7) is 0. The largest absolute Gasteiger partial charge is 0.382 e. The van der Waals surface area contributed by atoms with Crippen LogP contribution in [0.3, 0.4) is 0 Å². The normalized spacial score (nSPS) is 11.4. The van der Waals surface area contributed by atoms with Gasteiger partial charge >= 0.3 is 0 Å². The van der Waals surface area contributed by atoms with E-state index in [-0.39, 0.29) is 0 Å². The fourth-order valence-electron chi connectivity index (χ4n) is 2.50. The van der Waals surface area contributed by atoms with Crippen LogP contribution in [0.2, 0.25) is 0 Å². The predicted octanol–water partition coefficient (Wildman–Crippen LogP) is 1.87. The molecule has 0 saturated carbocycles. The summed E-state index contributed by atoms with van der Waals surface area (Å²) in [6.07, 6.45) is 9.46. The van der Waals surface area contributed by atoms with Gasteiger partial charge in [-0.2, -0.15) is 0 Å². The van der Waals surface area contributed by atoms with Crippen LogP contribution >= 0.6 is 0 Å². The quantitative estimate of drug-likeness (QED) is 0.569. The van der Waals surface area contributed by atoms with E-state index < -0.39 is 0 Å². The Morgan fingerprint density at radius 2 is 2.10 bits per heavy atom. The third kappa shape index (κ3) is 1.48. The maximum atomic E-state index is 5.69. The number of pyridine rings is 1. The van der Waals surface area contributed by atoms with Crippen LogP contribution in [0.25, 0.3) is 27.7 Å². The molecule has 0 saturated heterocycles. The molecule has 20 heavy (non-hydrogen) atoms. The Hall–Kier alpha value is -2.89. The van der Waals surface area contributed by atoms with E-state index >= 15 is 0 Å². The average Bonchev–Trinajstić information content (AvgIpc) is 3.00. The van der Waals surface area contributed by atoms with E-state index in [1.807, 2.05) is 44.1 Å². The van der Waals surface area contributed by atoms with Gasteiger partial charge in [0.15, 0.2) is 5.65 Å². The Balaban J connectivity index is 2.02. The first-order chi connectivity index (χ1) is 9.72. The molecule has 0 amide bonds. The summed E-state index contributed by atoms with van der Waals surface area (Å²) in [5.41, 5.74) is 9.53. The molecule has 4 rings (SSSR count). The van der Waals surface area contributed by atoms with Gasteiger partial charge in [0.25, 0.3) is 0 Å². The molecule has 0 fully saturated rings. The van der Waals surface area contributed by atoms with Gasteiger partial charge in [0.2, 0.25) is 0 Å². The Labute approximate surface area is 114 Å². The van der Waals surface area contributed by atoms with Gasteiger partial charge in [0.1, 0.15) is 5.82 Å². The summed E-state index contributed by atoms with van der Waals surface area (Å²) in [6, 6.07) is 3.79. The lowest BCUT2D eigenvalue weighted by atomic mass is 10.1. The van der Waals surface area contributed by atoms with Crippen LogP contribution in [0.15, 0.2) is 43.1 Å². The SMILES string of the molecule is Cn1ccc2cncc(-c3cnc4cc(N)nn4c3)c21. The lowest BCUT2D eigenvalue weighted by Crippen LogP contribution is -1.95. The zero-order valence-electron chi connectivity index (χ0n) is 10.9. The summed E-state index contributed by atoms with van der Waals surface area (Å²) in [4.78, 5) is 8.67. The number of hydrogen-bond donors (Lipinski definition) is 1. The lowest BCUT2D eigenvalue weighted by molar-refractivity contribution is 0.944. The van der Waals surface area contributed by atoms with Gasteiger partial charge < -0.3 is 10.3 Å². The molecule has 0 atom stereocenters. The fraction of sp³-hybridized carbons (Fsp3) is 0.0714. The van der Waals surface area contributed by atoms with Crippen LogP contribution in [0.4, 0.5) is 5.82 Å². The molecule has 2 N–H and O–H groups in total. The molecular weight excluding hydrogens is 252 g/mol. The molecule has 4 aromatic heterocycles. The molecule has 0 bridgehead atoms. The highest BCUT2D eigenvalue weighted by Crippen LogP contribution is 2.27. The summed E-state index contributed by atoms with van der Waals surface area (Å²) in [5, 5.41) is 5.30. The number of nitrogen functional groups attached to an aromatic ring is 1. The van der Waals surface area contributed by atoms with E-state index in [0.29, 0.717) is 5.82 Å². The predicted molar refractivity (Wildman–Crippen MR) is 77.1 cm³/mol. The molecule has 4 heterocycles. The van der Waals surface area contributed by atoms with Crippen molar-refractivity contribution in [3.05, 3.63) is 43.1 Å². The molecule has 0 aromatic carbocycles. The molecule has 0 aliphatic rings.